The van der Waals surface area contributed by atoms with Gasteiger partial charge in [0.25, 0.3) is 0 Å². The van der Waals surface area contributed by atoms with Gasteiger partial charge in [0.1, 0.15) is 11.4 Å². The minimum absolute atomic E-state index is 0.276. The van der Waals surface area contributed by atoms with E-state index in [9.17, 15) is 9.90 Å². The Kier molecular flexibility index (Phi) is 3.26. The van der Waals surface area contributed by atoms with Gasteiger partial charge in [0, 0.05) is 11.3 Å². The van der Waals surface area contributed by atoms with Crippen LogP contribution in [0.1, 0.15) is 37.9 Å². The van der Waals surface area contributed by atoms with Gasteiger partial charge in [0.05, 0.1) is 0 Å². The van der Waals surface area contributed by atoms with Crippen molar-refractivity contribution in [3.05, 3.63) is 5.82 Å². The molecule has 2 unspecified atom stereocenters. The van der Waals surface area contributed by atoms with E-state index in [-0.39, 0.29) is 5.25 Å². The Morgan fingerprint density at radius 2 is 2.32 bits per heavy atom. The van der Waals surface area contributed by atoms with E-state index in [0.29, 0.717) is 18.9 Å². The topological polar surface area (TPSA) is 90.9 Å². The maximum Gasteiger partial charge on any atom is 0.323 e. The molecule has 2 aliphatic rings. The number of aliphatic carboxylic acids is 1. The Hall–Kier alpha value is -1.08. The number of thioether (sulfide) groups is 1. The lowest BCUT2D eigenvalue weighted by Gasteiger charge is -2.25. The largest absolute Gasteiger partial charge is 0.480 e. The van der Waals surface area contributed by atoms with E-state index in [1.54, 1.807) is 11.8 Å². The molecule has 104 valence electrons. The summed E-state index contributed by atoms with van der Waals surface area (Å²) in [6.07, 6.45) is 4.45. The Morgan fingerprint density at radius 1 is 1.53 bits per heavy atom. The SMILES string of the molecule is Cc1nc(SC2CCC(NC3CC3)(C(=O)O)C2)n[nH]1. The van der Waals surface area contributed by atoms with Gasteiger partial charge in [0.2, 0.25) is 5.16 Å². The number of carbonyl (C=O) groups is 1. The van der Waals surface area contributed by atoms with E-state index in [4.69, 9.17) is 0 Å². The highest BCUT2D eigenvalue weighted by Crippen LogP contribution is 2.41. The molecule has 1 heterocycles. The maximum absolute atomic E-state index is 11.6. The highest BCUT2D eigenvalue weighted by Gasteiger charge is 2.48. The summed E-state index contributed by atoms with van der Waals surface area (Å²) in [6.45, 7) is 1.86. The smallest absolute Gasteiger partial charge is 0.323 e. The second-order valence-electron chi connectivity index (χ2n) is 5.49. The average Bonchev–Trinajstić information content (AvgIpc) is 2.92. The molecule has 6 nitrogen and oxygen atoms in total. The number of rotatable bonds is 5. The Balaban J connectivity index is 1.65. The Bertz CT molecular complexity index is 488. The number of aromatic amines is 1. The monoisotopic (exact) mass is 282 g/mol. The van der Waals surface area contributed by atoms with Crippen LogP contribution in [0.3, 0.4) is 0 Å². The summed E-state index contributed by atoms with van der Waals surface area (Å²) < 4.78 is 0. The molecule has 0 aromatic carbocycles. The quantitative estimate of drug-likeness (QED) is 0.755. The fraction of sp³-hybridized carbons (Fsp3) is 0.750. The van der Waals surface area contributed by atoms with Gasteiger partial charge in [-0.3, -0.25) is 15.2 Å². The first-order chi connectivity index (χ1) is 9.07. The molecule has 19 heavy (non-hydrogen) atoms. The molecule has 2 fully saturated rings. The van der Waals surface area contributed by atoms with E-state index >= 15 is 0 Å². The molecule has 0 saturated heterocycles. The summed E-state index contributed by atoms with van der Waals surface area (Å²) >= 11 is 1.58. The molecular formula is C12H18N4O2S. The standard InChI is InChI=1S/C12H18N4O2S/c1-7-13-11(16-15-7)19-9-4-5-12(6-9,10(17)18)14-8-2-3-8/h8-9,14H,2-6H2,1H3,(H,17,18)(H,13,15,16). The molecule has 7 heteroatoms. The van der Waals surface area contributed by atoms with Gasteiger partial charge < -0.3 is 5.11 Å². The number of hydrogen-bond donors (Lipinski definition) is 3. The zero-order valence-electron chi connectivity index (χ0n) is 10.8. The third kappa shape index (κ3) is 2.76. The molecule has 2 saturated carbocycles. The summed E-state index contributed by atoms with van der Waals surface area (Å²) in [5, 5.41) is 20.8. The molecule has 1 aromatic rings. The second-order valence-corrected chi connectivity index (χ2v) is 6.76. The van der Waals surface area contributed by atoms with E-state index < -0.39 is 11.5 Å². The predicted molar refractivity (Wildman–Crippen MR) is 71.1 cm³/mol. The fourth-order valence-electron chi connectivity index (χ4n) is 2.63. The van der Waals surface area contributed by atoms with Crippen molar-refractivity contribution in [2.45, 2.75) is 61.0 Å². The van der Waals surface area contributed by atoms with Crippen molar-refractivity contribution < 1.29 is 9.90 Å². The summed E-state index contributed by atoms with van der Waals surface area (Å²) in [7, 11) is 0. The Morgan fingerprint density at radius 3 is 2.89 bits per heavy atom. The number of carboxylic acid groups (broad SMARTS) is 1. The second kappa shape index (κ2) is 4.79. The van der Waals surface area contributed by atoms with E-state index in [1.165, 1.54) is 0 Å². The van der Waals surface area contributed by atoms with Crippen LogP contribution in [0.2, 0.25) is 0 Å². The van der Waals surface area contributed by atoms with Crippen LogP contribution in [0.5, 0.6) is 0 Å². The van der Waals surface area contributed by atoms with Gasteiger partial charge in [-0.25, -0.2) is 4.98 Å². The first kappa shape index (κ1) is 12.9. The number of nitrogens with one attached hydrogen (secondary N) is 2. The van der Waals surface area contributed by atoms with Crippen molar-refractivity contribution >= 4 is 17.7 Å². The zero-order chi connectivity index (χ0) is 13.5. The highest BCUT2D eigenvalue weighted by molar-refractivity contribution is 7.99. The summed E-state index contributed by atoms with van der Waals surface area (Å²) in [6, 6.07) is 0.408. The zero-order valence-corrected chi connectivity index (χ0v) is 11.7. The van der Waals surface area contributed by atoms with Crippen LogP contribution in [0.4, 0.5) is 0 Å². The number of H-pyrrole nitrogens is 1. The van der Waals surface area contributed by atoms with Gasteiger partial charge in [-0.1, -0.05) is 11.8 Å². The van der Waals surface area contributed by atoms with Crippen LogP contribution >= 0.6 is 11.8 Å². The van der Waals surface area contributed by atoms with Crippen LogP contribution < -0.4 is 5.32 Å². The lowest BCUT2D eigenvalue weighted by Crippen LogP contribution is -2.51. The van der Waals surface area contributed by atoms with Crippen LogP contribution in [0.25, 0.3) is 0 Å². The van der Waals surface area contributed by atoms with Crippen LogP contribution in [-0.2, 0) is 4.79 Å². The Labute approximate surface area is 115 Å². The molecule has 0 spiro atoms. The lowest BCUT2D eigenvalue weighted by molar-refractivity contribution is -0.144. The molecule has 0 aliphatic heterocycles. The summed E-state index contributed by atoms with van der Waals surface area (Å²) in [4.78, 5) is 15.8. The number of nitrogens with zero attached hydrogens (tertiary/aromatic N) is 2. The van der Waals surface area contributed by atoms with Crippen LogP contribution in [-0.4, -0.2) is 43.1 Å². The number of carboxylic acids is 1. The number of aromatic nitrogens is 3. The van der Waals surface area contributed by atoms with E-state index in [1.807, 2.05) is 6.92 Å². The van der Waals surface area contributed by atoms with Crippen molar-refractivity contribution in [1.82, 2.24) is 20.5 Å². The predicted octanol–water partition coefficient (Wildman–Crippen LogP) is 1.33. The normalized spacial score (nSPS) is 30.7. The van der Waals surface area contributed by atoms with Gasteiger partial charge in [-0.15, -0.1) is 5.10 Å². The molecule has 0 bridgehead atoms. The van der Waals surface area contributed by atoms with Crippen molar-refractivity contribution in [2.75, 3.05) is 0 Å². The first-order valence-electron chi connectivity index (χ1n) is 6.64. The molecular weight excluding hydrogens is 264 g/mol. The van der Waals surface area contributed by atoms with E-state index in [2.05, 4.69) is 20.5 Å². The average molecular weight is 282 g/mol. The van der Waals surface area contributed by atoms with E-state index in [0.717, 1.165) is 30.2 Å². The third-order valence-corrected chi connectivity index (χ3v) is 4.91. The molecule has 3 N–H and O–H groups in total. The molecule has 0 amide bonds. The molecule has 1 aromatic heterocycles. The lowest BCUT2D eigenvalue weighted by atomic mass is 9.98. The maximum atomic E-state index is 11.6. The van der Waals surface area contributed by atoms with Crippen molar-refractivity contribution in [1.29, 1.82) is 0 Å². The minimum atomic E-state index is -0.732. The van der Waals surface area contributed by atoms with Gasteiger partial charge in [0.15, 0.2) is 0 Å². The summed E-state index contributed by atoms with van der Waals surface area (Å²) in [5.41, 5.74) is -0.732. The number of aryl methyl sites for hydroxylation is 1. The molecule has 0 radical (unpaired) electrons. The van der Waals surface area contributed by atoms with Crippen LogP contribution in [0, 0.1) is 6.92 Å². The molecule has 2 atom stereocenters. The van der Waals surface area contributed by atoms with Gasteiger partial charge in [-0.2, -0.15) is 0 Å². The first-order valence-corrected chi connectivity index (χ1v) is 7.52. The molecule has 3 rings (SSSR count). The van der Waals surface area contributed by atoms with Crippen molar-refractivity contribution in [3.63, 3.8) is 0 Å². The summed E-state index contributed by atoms with van der Waals surface area (Å²) in [5.74, 6) is 0.0785. The van der Waals surface area contributed by atoms with Crippen molar-refractivity contribution in [3.8, 4) is 0 Å². The van der Waals surface area contributed by atoms with Gasteiger partial charge >= 0.3 is 5.97 Å². The third-order valence-electron chi connectivity index (χ3n) is 3.79. The highest BCUT2D eigenvalue weighted by atomic mass is 32.2. The fourth-order valence-corrected chi connectivity index (χ4v) is 3.82. The minimum Gasteiger partial charge on any atom is -0.480 e. The number of hydrogen-bond acceptors (Lipinski definition) is 5. The van der Waals surface area contributed by atoms with Crippen molar-refractivity contribution in [2.24, 2.45) is 0 Å². The van der Waals surface area contributed by atoms with Gasteiger partial charge in [-0.05, 0) is 39.0 Å². The van der Waals surface area contributed by atoms with Crippen LogP contribution in [0.15, 0.2) is 5.16 Å². The molecule has 2 aliphatic carbocycles.